The summed E-state index contributed by atoms with van der Waals surface area (Å²) >= 11 is 0. The molecule has 1 N–H and O–H groups in total. The maximum Gasteiger partial charge on any atom is 0.255 e. The van der Waals surface area contributed by atoms with E-state index >= 15 is 0 Å². The minimum Gasteiger partial charge on any atom is -0.475 e. The molecular formula is C25H35FN4O2. The Balaban J connectivity index is 1.32. The molecule has 1 aliphatic heterocycles. The van der Waals surface area contributed by atoms with E-state index in [0.29, 0.717) is 23.9 Å². The van der Waals surface area contributed by atoms with Crippen LogP contribution in [0.2, 0.25) is 0 Å². The van der Waals surface area contributed by atoms with Gasteiger partial charge in [-0.2, -0.15) is 9.37 Å². The molecule has 174 valence electrons. The highest BCUT2D eigenvalue weighted by atomic mass is 19.1. The van der Waals surface area contributed by atoms with Crippen LogP contribution in [-0.4, -0.2) is 42.9 Å². The van der Waals surface area contributed by atoms with Crippen LogP contribution in [0.4, 0.5) is 21.7 Å². The number of anilines is 3. The number of nitrogens with one attached hydrogen (secondary N) is 1. The summed E-state index contributed by atoms with van der Waals surface area (Å²) in [6.45, 7) is 10.7. The molecule has 6 nitrogen and oxygen atoms in total. The van der Waals surface area contributed by atoms with Gasteiger partial charge in [0.2, 0.25) is 11.8 Å². The molecule has 2 heterocycles. The SMILES string of the molecule is CC(C)(C)C1CCC(COc2nc(Nc3ccc(N4CCOCC4)cc3)ncc2F)CC1. The Labute approximate surface area is 190 Å². The molecule has 0 bridgehead atoms. The van der Waals surface area contributed by atoms with Crippen LogP contribution in [0.3, 0.4) is 0 Å². The molecule has 1 saturated carbocycles. The van der Waals surface area contributed by atoms with Crippen molar-refractivity contribution in [2.75, 3.05) is 43.1 Å². The maximum atomic E-state index is 14.2. The van der Waals surface area contributed by atoms with Gasteiger partial charge in [0.05, 0.1) is 26.0 Å². The highest BCUT2D eigenvalue weighted by Crippen LogP contribution is 2.39. The highest BCUT2D eigenvalue weighted by Gasteiger charge is 2.30. The van der Waals surface area contributed by atoms with Gasteiger partial charge in [-0.05, 0) is 67.2 Å². The van der Waals surface area contributed by atoms with Gasteiger partial charge in [0.15, 0.2) is 0 Å². The summed E-state index contributed by atoms with van der Waals surface area (Å²) in [5.41, 5.74) is 2.36. The van der Waals surface area contributed by atoms with Gasteiger partial charge in [-0.1, -0.05) is 20.8 Å². The van der Waals surface area contributed by atoms with Crippen molar-refractivity contribution in [1.29, 1.82) is 0 Å². The number of hydrogen-bond acceptors (Lipinski definition) is 6. The summed E-state index contributed by atoms with van der Waals surface area (Å²) in [6.07, 6.45) is 5.82. The van der Waals surface area contributed by atoms with Gasteiger partial charge in [-0.25, -0.2) is 4.98 Å². The number of aromatic nitrogens is 2. The molecule has 0 radical (unpaired) electrons. The molecule has 1 aliphatic carbocycles. The van der Waals surface area contributed by atoms with Crippen molar-refractivity contribution in [3.05, 3.63) is 36.3 Å². The molecule has 1 saturated heterocycles. The Morgan fingerprint density at radius 1 is 1.09 bits per heavy atom. The van der Waals surface area contributed by atoms with Crippen LogP contribution in [0, 0.1) is 23.1 Å². The fourth-order valence-electron chi connectivity index (χ4n) is 4.61. The lowest BCUT2D eigenvalue weighted by molar-refractivity contribution is 0.118. The predicted octanol–water partition coefficient (Wildman–Crippen LogP) is 5.43. The van der Waals surface area contributed by atoms with E-state index in [-0.39, 0.29) is 5.88 Å². The third-order valence-corrected chi connectivity index (χ3v) is 6.74. The van der Waals surface area contributed by atoms with Crippen molar-refractivity contribution >= 4 is 17.3 Å². The molecule has 7 heteroatoms. The Kier molecular flexibility index (Phi) is 7.13. The minimum absolute atomic E-state index is 0.0189. The second kappa shape index (κ2) is 10.0. The van der Waals surface area contributed by atoms with Crippen LogP contribution in [0.1, 0.15) is 46.5 Å². The molecule has 0 atom stereocenters. The lowest BCUT2D eigenvalue weighted by Gasteiger charge is -2.36. The fraction of sp³-hybridized carbons (Fsp3) is 0.600. The zero-order valence-corrected chi connectivity index (χ0v) is 19.4. The summed E-state index contributed by atoms with van der Waals surface area (Å²) in [7, 11) is 0. The van der Waals surface area contributed by atoms with Gasteiger partial charge in [0.25, 0.3) is 5.88 Å². The average molecular weight is 443 g/mol. The second-order valence-corrected chi connectivity index (χ2v) is 10.0. The Bertz CT molecular complexity index is 871. The van der Waals surface area contributed by atoms with Gasteiger partial charge >= 0.3 is 0 Å². The van der Waals surface area contributed by atoms with Crippen LogP contribution in [-0.2, 0) is 4.74 Å². The molecule has 2 aromatic rings. The number of halogens is 1. The van der Waals surface area contributed by atoms with Crippen molar-refractivity contribution in [1.82, 2.24) is 9.97 Å². The summed E-state index contributed by atoms with van der Waals surface area (Å²) in [4.78, 5) is 10.6. The van der Waals surface area contributed by atoms with Crippen molar-refractivity contribution < 1.29 is 13.9 Å². The van der Waals surface area contributed by atoms with Crippen molar-refractivity contribution in [2.45, 2.75) is 46.5 Å². The molecule has 0 unspecified atom stereocenters. The highest BCUT2D eigenvalue weighted by molar-refractivity contribution is 5.59. The van der Waals surface area contributed by atoms with Gasteiger partial charge < -0.3 is 19.7 Å². The van der Waals surface area contributed by atoms with E-state index in [4.69, 9.17) is 9.47 Å². The van der Waals surface area contributed by atoms with E-state index in [0.717, 1.165) is 56.4 Å². The topological polar surface area (TPSA) is 59.5 Å². The van der Waals surface area contributed by atoms with Crippen LogP contribution < -0.4 is 15.0 Å². The van der Waals surface area contributed by atoms with Gasteiger partial charge in [0.1, 0.15) is 0 Å². The van der Waals surface area contributed by atoms with Crippen molar-refractivity contribution in [3.8, 4) is 5.88 Å². The summed E-state index contributed by atoms with van der Waals surface area (Å²) in [5, 5.41) is 3.15. The van der Waals surface area contributed by atoms with E-state index in [1.807, 2.05) is 12.1 Å². The smallest absolute Gasteiger partial charge is 0.255 e. The van der Waals surface area contributed by atoms with E-state index in [1.165, 1.54) is 19.0 Å². The molecular weight excluding hydrogens is 407 g/mol. The first-order valence-corrected chi connectivity index (χ1v) is 11.7. The zero-order valence-electron chi connectivity index (χ0n) is 19.4. The molecule has 2 fully saturated rings. The van der Waals surface area contributed by atoms with Crippen LogP contribution in [0.15, 0.2) is 30.5 Å². The summed E-state index contributed by atoms with van der Waals surface area (Å²) < 4.78 is 25.4. The van der Waals surface area contributed by atoms with Crippen LogP contribution in [0.5, 0.6) is 5.88 Å². The first-order valence-electron chi connectivity index (χ1n) is 11.7. The monoisotopic (exact) mass is 442 g/mol. The lowest BCUT2D eigenvalue weighted by atomic mass is 9.70. The molecule has 0 amide bonds. The van der Waals surface area contributed by atoms with Gasteiger partial charge in [-0.3, -0.25) is 0 Å². The minimum atomic E-state index is -0.526. The third-order valence-electron chi connectivity index (χ3n) is 6.74. The molecule has 4 rings (SSSR count). The van der Waals surface area contributed by atoms with Gasteiger partial charge in [0, 0.05) is 24.5 Å². The summed E-state index contributed by atoms with van der Waals surface area (Å²) in [5.74, 6) is 1.02. The molecule has 1 aromatic carbocycles. The van der Waals surface area contributed by atoms with E-state index in [2.05, 4.69) is 53.1 Å². The van der Waals surface area contributed by atoms with E-state index < -0.39 is 5.82 Å². The Hall–Kier alpha value is -2.41. The molecule has 0 spiro atoms. The lowest BCUT2D eigenvalue weighted by Crippen LogP contribution is -2.36. The Morgan fingerprint density at radius 2 is 1.78 bits per heavy atom. The Morgan fingerprint density at radius 3 is 2.44 bits per heavy atom. The number of hydrogen-bond donors (Lipinski definition) is 1. The predicted molar refractivity (Wildman–Crippen MR) is 125 cm³/mol. The third kappa shape index (κ3) is 5.88. The second-order valence-electron chi connectivity index (χ2n) is 10.0. The van der Waals surface area contributed by atoms with E-state index in [1.54, 1.807) is 0 Å². The zero-order chi connectivity index (χ0) is 22.6. The molecule has 2 aliphatic rings. The van der Waals surface area contributed by atoms with Crippen LogP contribution in [0.25, 0.3) is 0 Å². The normalized spacial score (nSPS) is 21.9. The van der Waals surface area contributed by atoms with Gasteiger partial charge in [-0.15, -0.1) is 0 Å². The van der Waals surface area contributed by atoms with Crippen molar-refractivity contribution in [3.63, 3.8) is 0 Å². The van der Waals surface area contributed by atoms with Crippen LogP contribution >= 0.6 is 0 Å². The first-order chi connectivity index (χ1) is 15.4. The van der Waals surface area contributed by atoms with E-state index in [9.17, 15) is 4.39 Å². The number of nitrogens with zero attached hydrogens (tertiary/aromatic N) is 3. The number of rotatable bonds is 6. The quantitative estimate of drug-likeness (QED) is 0.644. The van der Waals surface area contributed by atoms with Crippen molar-refractivity contribution in [2.24, 2.45) is 17.3 Å². The molecule has 32 heavy (non-hydrogen) atoms. The number of morpholine rings is 1. The summed E-state index contributed by atoms with van der Waals surface area (Å²) in [6, 6.07) is 8.07. The largest absolute Gasteiger partial charge is 0.475 e. The molecule has 1 aromatic heterocycles. The first kappa shape index (κ1) is 22.8. The standard InChI is InChI=1S/C25H35FN4O2/c1-25(2,3)19-6-4-18(5-7-19)17-32-23-22(26)16-27-24(29-23)28-20-8-10-21(11-9-20)30-12-14-31-15-13-30/h8-11,16,18-19H,4-7,12-15,17H2,1-3H3,(H,27,28,29). The maximum absolute atomic E-state index is 14.2. The number of ether oxygens (including phenoxy) is 2. The number of benzene rings is 1. The fourth-order valence-corrected chi connectivity index (χ4v) is 4.61. The average Bonchev–Trinajstić information content (AvgIpc) is 2.80.